The zero-order valence-corrected chi connectivity index (χ0v) is 22.3. The molecule has 0 bridgehead atoms. The molecule has 1 aliphatic rings. The van der Waals surface area contributed by atoms with Crippen molar-refractivity contribution in [2.24, 2.45) is 5.41 Å². The van der Waals surface area contributed by atoms with Crippen LogP contribution in [0.15, 0.2) is 48.5 Å². The average Bonchev–Trinajstić information content (AvgIpc) is 2.83. The second-order valence-corrected chi connectivity index (χ2v) is 11.0. The normalized spacial score (nSPS) is 15.4. The third-order valence-electron chi connectivity index (χ3n) is 7.44. The van der Waals surface area contributed by atoms with Crippen LogP contribution in [0.4, 0.5) is 10.1 Å². The monoisotopic (exact) mass is 487 g/mol. The summed E-state index contributed by atoms with van der Waals surface area (Å²) < 4.78 is 13.2. The smallest absolute Gasteiger partial charge is 0.124 e. The number of carbonyl (C=O) groups excluding carboxylic acids is 1. The van der Waals surface area contributed by atoms with Crippen LogP contribution in [0, 0.1) is 25.1 Å². The van der Waals surface area contributed by atoms with Gasteiger partial charge in [0.05, 0.1) is 5.69 Å². The van der Waals surface area contributed by atoms with Gasteiger partial charge in [-0.1, -0.05) is 50.2 Å². The molecule has 4 nitrogen and oxygen atoms in total. The third kappa shape index (κ3) is 6.01. The Bertz CT molecular complexity index is 1190. The lowest BCUT2D eigenvalue weighted by atomic mass is 9.82. The molecule has 0 atom stereocenters. The molecule has 2 heterocycles. The predicted molar refractivity (Wildman–Crippen MR) is 146 cm³/mol. The van der Waals surface area contributed by atoms with Crippen LogP contribution in [0.25, 0.3) is 11.1 Å². The lowest BCUT2D eigenvalue weighted by molar-refractivity contribution is -0.107. The third-order valence-corrected chi connectivity index (χ3v) is 7.44. The topological polar surface area (TPSA) is 36.4 Å². The minimum atomic E-state index is -0.207. The SMILES string of the molecule is Cc1nc(C)c(-c2ccc(CN(C)Cc3ccc(F)cc3)cc2)c(N2CCC(C)(C)CC2)c1CC=O. The fourth-order valence-corrected chi connectivity index (χ4v) is 5.27. The van der Waals surface area contributed by atoms with Crippen LogP contribution < -0.4 is 4.90 Å². The van der Waals surface area contributed by atoms with Gasteiger partial charge in [-0.25, -0.2) is 4.39 Å². The molecule has 0 radical (unpaired) electrons. The van der Waals surface area contributed by atoms with Crippen LogP contribution in [0.1, 0.15) is 54.8 Å². The van der Waals surface area contributed by atoms with Crippen LogP contribution in [0.2, 0.25) is 0 Å². The van der Waals surface area contributed by atoms with E-state index in [1.54, 1.807) is 0 Å². The van der Waals surface area contributed by atoms with Gasteiger partial charge in [-0.15, -0.1) is 0 Å². The van der Waals surface area contributed by atoms with Gasteiger partial charge >= 0.3 is 0 Å². The van der Waals surface area contributed by atoms with E-state index in [1.165, 1.54) is 23.4 Å². The highest BCUT2D eigenvalue weighted by Gasteiger charge is 2.29. The average molecular weight is 488 g/mol. The molecular weight excluding hydrogens is 449 g/mol. The molecule has 36 heavy (non-hydrogen) atoms. The van der Waals surface area contributed by atoms with Crippen molar-refractivity contribution in [3.05, 3.63) is 82.4 Å². The highest BCUT2D eigenvalue weighted by atomic mass is 19.1. The number of carbonyl (C=O) groups is 1. The van der Waals surface area contributed by atoms with E-state index in [4.69, 9.17) is 4.98 Å². The summed E-state index contributed by atoms with van der Waals surface area (Å²) in [6, 6.07) is 15.4. The summed E-state index contributed by atoms with van der Waals surface area (Å²) in [6.07, 6.45) is 3.65. The molecule has 0 unspecified atom stereocenters. The van der Waals surface area contributed by atoms with E-state index in [9.17, 15) is 9.18 Å². The van der Waals surface area contributed by atoms with Gasteiger partial charge in [0.15, 0.2) is 0 Å². The van der Waals surface area contributed by atoms with Crippen molar-refractivity contribution in [3.63, 3.8) is 0 Å². The summed E-state index contributed by atoms with van der Waals surface area (Å²) in [7, 11) is 2.08. The van der Waals surface area contributed by atoms with Crippen molar-refractivity contribution in [1.29, 1.82) is 0 Å². The summed E-state index contributed by atoms with van der Waals surface area (Å²) in [6.45, 7) is 12.3. The first-order valence-corrected chi connectivity index (χ1v) is 12.9. The number of anilines is 1. The molecule has 3 aromatic rings. The number of piperidine rings is 1. The summed E-state index contributed by atoms with van der Waals surface area (Å²) >= 11 is 0. The van der Waals surface area contributed by atoms with Gasteiger partial charge in [0, 0.05) is 55.1 Å². The molecular formula is C31H38FN3O. The number of rotatable bonds is 8. The molecule has 0 N–H and O–H groups in total. The van der Waals surface area contributed by atoms with Crippen LogP contribution in [-0.4, -0.2) is 36.3 Å². The molecule has 0 saturated carbocycles. The number of aryl methyl sites for hydroxylation is 2. The zero-order chi connectivity index (χ0) is 25.9. The number of aromatic nitrogens is 1. The largest absolute Gasteiger partial charge is 0.371 e. The summed E-state index contributed by atoms with van der Waals surface area (Å²) in [4.78, 5) is 21.2. The second kappa shape index (κ2) is 10.9. The molecule has 5 heteroatoms. The Morgan fingerprint density at radius 3 is 2.06 bits per heavy atom. The lowest BCUT2D eigenvalue weighted by Crippen LogP contribution is -2.38. The maximum atomic E-state index is 13.2. The van der Waals surface area contributed by atoms with E-state index in [2.05, 4.69) is 61.9 Å². The first-order valence-electron chi connectivity index (χ1n) is 12.9. The van der Waals surface area contributed by atoms with Crippen molar-refractivity contribution < 1.29 is 9.18 Å². The van der Waals surface area contributed by atoms with Gasteiger partial charge in [-0.2, -0.15) is 0 Å². The van der Waals surface area contributed by atoms with E-state index in [1.807, 2.05) is 19.1 Å². The Balaban J connectivity index is 1.61. The summed E-state index contributed by atoms with van der Waals surface area (Å²) in [5, 5.41) is 0. The zero-order valence-electron chi connectivity index (χ0n) is 22.3. The first-order chi connectivity index (χ1) is 17.2. The Morgan fingerprint density at radius 1 is 0.944 bits per heavy atom. The van der Waals surface area contributed by atoms with E-state index in [0.29, 0.717) is 11.8 Å². The molecule has 4 rings (SSSR count). The lowest BCUT2D eigenvalue weighted by Gasteiger charge is -2.40. The number of hydrogen-bond donors (Lipinski definition) is 0. The molecule has 1 saturated heterocycles. The quantitative estimate of drug-likeness (QED) is 0.340. The Kier molecular flexibility index (Phi) is 7.89. The van der Waals surface area contributed by atoms with E-state index in [0.717, 1.165) is 78.9 Å². The predicted octanol–water partition coefficient (Wildman–Crippen LogP) is 6.50. The highest BCUT2D eigenvalue weighted by Crippen LogP contribution is 2.41. The minimum Gasteiger partial charge on any atom is -0.371 e. The molecule has 0 amide bonds. The molecule has 0 aliphatic carbocycles. The van der Waals surface area contributed by atoms with Gasteiger partial charge in [0.2, 0.25) is 0 Å². The molecule has 1 fully saturated rings. The van der Waals surface area contributed by atoms with E-state index >= 15 is 0 Å². The minimum absolute atomic E-state index is 0.207. The number of pyridine rings is 1. The summed E-state index contributed by atoms with van der Waals surface area (Å²) in [5.41, 5.74) is 9.12. The van der Waals surface area contributed by atoms with Crippen LogP contribution in [0.3, 0.4) is 0 Å². The fourth-order valence-electron chi connectivity index (χ4n) is 5.27. The Hall–Kier alpha value is -3.05. The number of benzene rings is 2. The van der Waals surface area contributed by atoms with Crippen molar-refractivity contribution in [1.82, 2.24) is 9.88 Å². The maximum absolute atomic E-state index is 13.2. The van der Waals surface area contributed by atoms with Crippen molar-refractivity contribution in [3.8, 4) is 11.1 Å². The van der Waals surface area contributed by atoms with Gasteiger partial charge in [-0.3, -0.25) is 9.88 Å². The molecule has 1 aromatic heterocycles. The van der Waals surface area contributed by atoms with Crippen molar-refractivity contribution in [2.45, 2.75) is 60.0 Å². The van der Waals surface area contributed by atoms with Crippen LogP contribution >= 0.6 is 0 Å². The van der Waals surface area contributed by atoms with Gasteiger partial charge in [0.1, 0.15) is 12.1 Å². The number of hydrogen-bond acceptors (Lipinski definition) is 4. The van der Waals surface area contributed by atoms with Crippen molar-refractivity contribution >= 4 is 12.0 Å². The summed E-state index contributed by atoms with van der Waals surface area (Å²) in [5.74, 6) is -0.207. The molecule has 0 spiro atoms. The second-order valence-electron chi connectivity index (χ2n) is 11.0. The van der Waals surface area contributed by atoms with Gasteiger partial charge in [-0.05, 0) is 68.0 Å². The Labute approximate surface area is 215 Å². The van der Waals surface area contributed by atoms with E-state index < -0.39 is 0 Å². The molecule has 2 aromatic carbocycles. The highest BCUT2D eigenvalue weighted by molar-refractivity contribution is 5.85. The number of halogens is 1. The standard InChI is InChI=1S/C31H38FN3O/c1-22-28(14-19-36)30(35-17-15-31(3,4)16-18-35)29(23(2)33-22)26-10-6-24(7-11-26)20-34(5)21-25-8-12-27(32)13-9-25/h6-13,19H,14-18,20-21H2,1-5H3. The number of nitrogens with zero attached hydrogens (tertiary/aromatic N) is 3. The maximum Gasteiger partial charge on any atom is 0.124 e. The van der Waals surface area contributed by atoms with Gasteiger partial charge < -0.3 is 9.69 Å². The van der Waals surface area contributed by atoms with Crippen molar-refractivity contribution in [2.75, 3.05) is 25.0 Å². The molecule has 1 aliphatic heterocycles. The number of aldehydes is 1. The van der Waals surface area contributed by atoms with Crippen LogP contribution in [-0.2, 0) is 24.3 Å². The molecule has 190 valence electrons. The fraction of sp³-hybridized carbons (Fsp3) is 0.419. The first kappa shape index (κ1) is 26.0. The van der Waals surface area contributed by atoms with Gasteiger partial charge in [0.25, 0.3) is 0 Å². The van der Waals surface area contributed by atoms with Crippen LogP contribution in [0.5, 0.6) is 0 Å². The Morgan fingerprint density at radius 2 is 1.50 bits per heavy atom. The van der Waals surface area contributed by atoms with E-state index in [-0.39, 0.29) is 5.82 Å².